The van der Waals surface area contributed by atoms with Crippen molar-refractivity contribution in [2.75, 3.05) is 11.4 Å². The van der Waals surface area contributed by atoms with Gasteiger partial charge in [-0.1, -0.05) is 42.5 Å². The Hall–Kier alpha value is -2.94. The second-order valence-corrected chi connectivity index (χ2v) is 5.62. The molecule has 0 fully saturated rings. The second kappa shape index (κ2) is 5.69. The third-order valence-electron chi connectivity index (χ3n) is 4.22. The standard InChI is InChI=1S/C20H16N2O/c23-19(22-14-12-15-5-1-2-9-18(15)22)11-10-17-7-3-6-16-8-4-13-21-20(16)17/h1-11,13H,12,14H2/b11-10+. The van der Waals surface area contributed by atoms with Crippen molar-refractivity contribution in [1.29, 1.82) is 0 Å². The van der Waals surface area contributed by atoms with Gasteiger partial charge in [-0.25, -0.2) is 0 Å². The number of pyridine rings is 1. The molecule has 1 aromatic heterocycles. The Labute approximate surface area is 134 Å². The number of rotatable bonds is 2. The van der Waals surface area contributed by atoms with Crippen LogP contribution in [0.2, 0.25) is 0 Å². The summed E-state index contributed by atoms with van der Waals surface area (Å²) < 4.78 is 0. The molecule has 2 aromatic carbocycles. The largest absolute Gasteiger partial charge is 0.308 e. The summed E-state index contributed by atoms with van der Waals surface area (Å²) in [5.41, 5.74) is 4.14. The lowest BCUT2D eigenvalue weighted by Gasteiger charge is -2.14. The van der Waals surface area contributed by atoms with Crippen molar-refractivity contribution >= 4 is 28.6 Å². The number of benzene rings is 2. The van der Waals surface area contributed by atoms with Crippen LogP contribution in [0.15, 0.2) is 66.9 Å². The molecule has 0 saturated heterocycles. The van der Waals surface area contributed by atoms with Crippen molar-refractivity contribution in [3.05, 3.63) is 78.0 Å². The first-order valence-electron chi connectivity index (χ1n) is 7.74. The van der Waals surface area contributed by atoms with Crippen molar-refractivity contribution < 1.29 is 4.79 Å². The second-order valence-electron chi connectivity index (χ2n) is 5.62. The molecule has 1 amide bonds. The molecule has 0 spiro atoms. The van der Waals surface area contributed by atoms with Gasteiger partial charge in [0.25, 0.3) is 5.91 Å². The molecule has 3 nitrogen and oxygen atoms in total. The number of carbonyl (C=O) groups excluding carboxylic acids is 1. The molecule has 112 valence electrons. The molecule has 0 saturated carbocycles. The van der Waals surface area contributed by atoms with Gasteiger partial charge in [0, 0.05) is 35.5 Å². The summed E-state index contributed by atoms with van der Waals surface area (Å²) in [5, 5.41) is 1.08. The van der Waals surface area contributed by atoms with Crippen molar-refractivity contribution in [2.45, 2.75) is 6.42 Å². The fourth-order valence-electron chi connectivity index (χ4n) is 3.08. The van der Waals surface area contributed by atoms with E-state index >= 15 is 0 Å². The first-order chi connectivity index (χ1) is 11.3. The Kier molecular flexibility index (Phi) is 3.39. The minimum atomic E-state index is 0.0166. The number of hydrogen-bond acceptors (Lipinski definition) is 2. The van der Waals surface area contributed by atoms with Crippen LogP contribution in [0.3, 0.4) is 0 Å². The average molecular weight is 300 g/mol. The topological polar surface area (TPSA) is 33.2 Å². The molecular formula is C20H16N2O. The van der Waals surface area contributed by atoms with E-state index in [0.717, 1.165) is 35.1 Å². The predicted octanol–water partition coefficient (Wildman–Crippen LogP) is 3.84. The first-order valence-corrected chi connectivity index (χ1v) is 7.74. The number of fused-ring (bicyclic) bond motifs is 2. The minimum Gasteiger partial charge on any atom is -0.308 e. The monoisotopic (exact) mass is 300 g/mol. The molecule has 4 rings (SSSR count). The molecule has 0 unspecified atom stereocenters. The maximum absolute atomic E-state index is 12.5. The number of carbonyl (C=O) groups is 1. The van der Waals surface area contributed by atoms with Crippen molar-refractivity contribution in [1.82, 2.24) is 4.98 Å². The van der Waals surface area contributed by atoms with E-state index in [1.807, 2.05) is 59.5 Å². The van der Waals surface area contributed by atoms with E-state index in [4.69, 9.17) is 0 Å². The van der Waals surface area contributed by atoms with E-state index < -0.39 is 0 Å². The summed E-state index contributed by atoms with van der Waals surface area (Å²) in [4.78, 5) is 18.8. The molecular weight excluding hydrogens is 284 g/mol. The highest BCUT2D eigenvalue weighted by molar-refractivity contribution is 6.06. The van der Waals surface area contributed by atoms with Crippen LogP contribution in [0.1, 0.15) is 11.1 Å². The fourth-order valence-corrected chi connectivity index (χ4v) is 3.08. The van der Waals surface area contributed by atoms with E-state index in [9.17, 15) is 4.79 Å². The smallest absolute Gasteiger partial charge is 0.251 e. The maximum Gasteiger partial charge on any atom is 0.251 e. The summed E-state index contributed by atoms with van der Waals surface area (Å²) in [6.07, 6.45) is 6.20. The van der Waals surface area contributed by atoms with Crippen LogP contribution >= 0.6 is 0 Å². The summed E-state index contributed by atoms with van der Waals surface area (Å²) >= 11 is 0. The van der Waals surface area contributed by atoms with Gasteiger partial charge in [0.1, 0.15) is 0 Å². The number of amides is 1. The highest BCUT2D eigenvalue weighted by Gasteiger charge is 2.22. The molecule has 0 N–H and O–H groups in total. The maximum atomic E-state index is 12.5. The van der Waals surface area contributed by atoms with Crippen LogP contribution in [0, 0.1) is 0 Å². The third-order valence-corrected chi connectivity index (χ3v) is 4.22. The van der Waals surface area contributed by atoms with Gasteiger partial charge in [-0.3, -0.25) is 9.78 Å². The van der Waals surface area contributed by atoms with Gasteiger partial charge < -0.3 is 4.90 Å². The normalized spacial score (nSPS) is 13.7. The molecule has 1 aliphatic heterocycles. The number of para-hydroxylation sites is 2. The van der Waals surface area contributed by atoms with Crippen LogP contribution in [-0.4, -0.2) is 17.4 Å². The Balaban J connectivity index is 1.63. The molecule has 0 aliphatic carbocycles. The van der Waals surface area contributed by atoms with Crippen LogP contribution in [0.4, 0.5) is 5.69 Å². The zero-order valence-electron chi connectivity index (χ0n) is 12.6. The van der Waals surface area contributed by atoms with Gasteiger partial charge in [-0.2, -0.15) is 0 Å². The van der Waals surface area contributed by atoms with Gasteiger partial charge in [0.05, 0.1) is 5.52 Å². The lowest BCUT2D eigenvalue weighted by Crippen LogP contribution is -2.26. The quantitative estimate of drug-likeness (QED) is 0.674. The van der Waals surface area contributed by atoms with E-state index in [-0.39, 0.29) is 5.91 Å². The van der Waals surface area contributed by atoms with Crippen molar-refractivity contribution in [3.63, 3.8) is 0 Å². The van der Waals surface area contributed by atoms with E-state index in [1.54, 1.807) is 12.3 Å². The average Bonchev–Trinajstić information content (AvgIpc) is 3.04. The number of anilines is 1. The Morgan fingerprint density at radius 3 is 2.87 bits per heavy atom. The molecule has 23 heavy (non-hydrogen) atoms. The van der Waals surface area contributed by atoms with Gasteiger partial charge >= 0.3 is 0 Å². The zero-order valence-corrected chi connectivity index (χ0v) is 12.6. The van der Waals surface area contributed by atoms with E-state index in [2.05, 4.69) is 11.1 Å². The Morgan fingerprint density at radius 1 is 1.04 bits per heavy atom. The number of aromatic nitrogens is 1. The molecule has 3 aromatic rings. The summed E-state index contributed by atoms with van der Waals surface area (Å²) in [6.45, 7) is 0.746. The van der Waals surface area contributed by atoms with Crippen LogP contribution in [0.25, 0.3) is 17.0 Å². The molecule has 0 radical (unpaired) electrons. The summed E-state index contributed by atoms with van der Waals surface area (Å²) in [6, 6.07) is 18.0. The van der Waals surface area contributed by atoms with Gasteiger partial charge in [0.15, 0.2) is 0 Å². The summed E-state index contributed by atoms with van der Waals surface area (Å²) in [7, 11) is 0. The minimum absolute atomic E-state index is 0.0166. The number of hydrogen-bond donors (Lipinski definition) is 0. The van der Waals surface area contributed by atoms with Gasteiger partial charge in [-0.05, 0) is 30.2 Å². The highest BCUT2D eigenvalue weighted by Crippen LogP contribution is 2.27. The highest BCUT2D eigenvalue weighted by atomic mass is 16.2. The molecule has 0 bridgehead atoms. The molecule has 0 atom stereocenters. The predicted molar refractivity (Wildman–Crippen MR) is 93.3 cm³/mol. The van der Waals surface area contributed by atoms with Gasteiger partial charge in [0.2, 0.25) is 0 Å². The zero-order chi connectivity index (χ0) is 15.6. The number of nitrogens with zero attached hydrogens (tertiary/aromatic N) is 2. The van der Waals surface area contributed by atoms with Crippen LogP contribution < -0.4 is 4.90 Å². The van der Waals surface area contributed by atoms with Crippen LogP contribution in [-0.2, 0) is 11.2 Å². The Morgan fingerprint density at radius 2 is 1.91 bits per heavy atom. The van der Waals surface area contributed by atoms with Crippen molar-refractivity contribution in [2.24, 2.45) is 0 Å². The SMILES string of the molecule is O=C(/C=C/c1cccc2cccnc12)N1CCc2ccccc21. The van der Waals surface area contributed by atoms with E-state index in [0.29, 0.717) is 0 Å². The molecule has 1 aliphatic rings. The van der Waals surface area contributed by atoms with Crippen LogP contribution in [0.5, 0.6) is 0 Å². The molecule has 2 heterocycles. The summed E-state index contributed by atoms with van der Waals surface area (Å²) in [5.74, 6) is 0.0166. The first kappa shape index (κ1) is 13.7. The van der Waals surface area contributed by atoms with E-state index in [1.165, 1.54) is 5.56 Å². The Bertz CT molecular complexity index is 909. The van der Waals surface area contributed by atoms with Gasteiger partial charge in [-0.15, -0.1) is 0 Å². The van der Waals surface area contributed by atoms with Crippen molar-refractivity contribution in [3.8, 4) is 0 Å². The third kappa shape index (κ3) is 2.50. The lowest BCUT2D eigenvalue weighted by molar-refractivity contribution is -0.114. The lowest BCUT2D eigenvalue weighted by atomic mass is 10.1. The fraction of sp³-hybridized carbons (Fsp3) is 0.100. The molecule has 3 heteroatoms.